The van der Waals surface area contributed by atoms with Crippen LogP contribution in [-0.4, -0.2) is 31.1 Å². The Morgan fingerprint density at radius 2 is 1.86 bits per heavy atom. The number of carbonyl (C=O) groups excluding carboxylic acids is 2. The number of hydrogen-bond donors (Lipinski definition) is 2. The summed E-state index contributed by atoms with van der Waals surface area (Å²) in [6.07, 6.45) is 0.957. The van der Waals surface area contributed by atoms with Gasteiger partial charge in [0.05, 0.1) is 13.2 Å². The molecule has 1 aromatic carbocycles. The number of nitrogens with two attached hydrogens (primary N) is 1. The summed E-state index contributed by atoms with van der Waals surface area (Å²) in [5.74, 6) is -0.515. The number of carbonyl (C=O) groups is 2. The fourth-order valence-electron chi connectivity index (χ4n) is 2.07. The molecule has 0 bridgehead atoms. The van der Waals surface area contributed by atoms with Gasteiger partial charge in [0.2, 0.25) is 5.91 Å². The van der Waals surface area contributed by atoms with Crippen molar-refractivity contribution in [2.24, 2.45) is 11.7 Å². The molecule has 1 aromatic rings. The standard InChI is InChI=1S/C16H24N2O3/c1-11(2)9-14(16(20)21-3)18-15(19)13(17)10-12-7-5-4-6-8-12/h4-8,11,13-14H,9-10,17H2,1-3H3,(H,18,19)/t13-,14-/m1/s1. The van der Waals surface area contributed by atoms with Gasteiger partial charge in [-0.15, -0.1) is 0 Å². The third-order valence-electron chi connectivity index (χ3n) is 3.14. The number of nitrogens with one attached hydrogen (secondary N) is 1. The van der Waals surface area contributed by atoms with Crippen molar-refractivity contribution in [3.8, 4) is 0 Å². The van der Waals surface area contributed by atoms with Gasteiger partial charge in [-0.25, -0.2) is 4.79 Å². The van der Waals surface area contributed by atoms with E-state index in [9.17, 15) is 9.59 Å². The van der Waals surface area contributed by atoms with E-state index in [4.69, 9.17) is 10.5 Å². The Balaban J connectivity index is 2.61. The van der Waals surface area contributed by atoms with Crippen LogP contribution in [0, 0.1) is 5.92 Å². The van der Waals surface area contributed by atoms with Crippen molar-refractivity contribution in [1.82, 2.24) is 5.32 Å². The van der Waals surface area contributed by atoms with Crippen molar-refractivity contribution in [3.05, 3.63) is 35.9 Å². The lowest BCUT2D eigenvalue weighted by Crippen LogP contribution is -2.49. The maximum absolute atomic E-state index is 12.1. The summed E-state index contributed by atoms with van der Waals surface area (Å²) in [6.45, 7) is 3.96. The minimum absolute atomic E-state index is 0.264. The molecule has 0 aliphatic heterocycles. The summed E-state index contributed by atoms with van der Waals surface area (Å²) in [6, 6.07) is 8.20. The Hall–Kier alpha value is -1.88. The minimum atomic E-state index is -0.688. The van der Waals surface area contributed by atoms with E-state index in [0.717, 1.165) is 5.56 Å². The second-order valence-corrected chi connectivity index (χ2v) is 5.51. The molecular weight excluding hydrogens is 268 g/mol. The first-order valence-corrected chi connectivity index (χ1v) is 7.11. The molecule has 0 aliphatic rings. The summed E-state index contributed by atoms with van der Waals surface area (Å²) in [5, 5.41) is 2.68. The van der Waals surface area contributed by atoms with E-state index in [1.54, 1.807) is 0 Å². The van der Waals surface area contributed by atoms with E-state index in [2.05, 4.69) is 5.32 Å². The third-order valence-corrected chi connectivity index (χ3v) is 3.14. The van der Waals surface area contributed by atoms with Crippen LogP contribution in [0.15, 0.2) is 30.3 Å². The number of benzene rings is 1. The highest BCUT2D eigenvalue weighted by molar-refractivity contribution is 5.87. The zero-order chi connectivity index (χ0) is 15.8. The van der Waals surface area contributed by atoms with Gasteiger partial charge in [0, 0.05) is 0 Å². The Morgan fingerprint density at radius 3 is 2.38 bits per heavy atom. The summed E-state index contributed by atoms with van der Waals surface area (Å²) in [4.78, 5) is 23.8. The third kappa shape index (κ3) is 5.95. The van der Waals surface area contributed by atoms with Crippen LogP contribution < -0.4 is 11.1 Å². The maximum atomic E-state index is 12.1. The fraction of sp³-hybridized carbons (Fsp3) is 0.500. The minimum Gasteiger partial charge on any atom is -0.467 e. The van der Waals surface area contributed by atoms with E-state index in [0.29, 0.717) is 12.8 Å². The molecule has 2 atom stereocenters. The van der Waals surface area contributed by atoms with E-state index in [1.165, 1.54) is 7.11 Å². The fourth-order valence-corrected chi connectivity index (χ4v) is 2.07. The molecule has 1 amide bonds. The van der Waals surface area contributed by atoms with Crippen LogP contribution in [0.2, 0.25) is 0 Å². The molecule has 0 unspecified atom stereocenters. The Bertz CT molecular complexity index is 460. The molecule has 0 heterocycles. The second kappa shape index (κ2) is 8.42. The molecule has 116 valence electrons. The second-order valence-electron chi connectivity index (χ2n) is 5.51. The van der Waals surface area contributed by atoms with Crippen LogP contribution in [0.4, 0.5) is 0 Å². The van der Waals surface area contributed by atoms with Gasteiger partial charge < -0.3 is 15.8 Å². The lowest BCUT2D eigenvalue weighted by molar-refractivity contribution is -0.145. The lowest BCUT2D eigenvalue weighted by Gasteiger charge is -2.20. The molecule has 0 aliphatic carbocycles. The Morgan fingerprint density at radius 1 is 1.24 bits per heavy atom. The molecule has 0 saturated carbocycles. The van der Waals surface area contributed by atoms with Crippen LogP contribution in [0.1, 0.15) is 25.8 Å². The van der Waals surface area contributed by atoms with E-state index >= 15 is 0 Å². The predicted octanol–water partition coefficient (Wildman–Crippen LogP) is 1.26. The number of esters is 1. The van der Waals surface area contributed by atoms with Gasteiger partial charge in [0.25, 0.3) is 0 Å². The average Bonchev–Trinajstić information content (AvgIpc) is 2.46. The first kappa shape index (κ1) is 17.2. The summed E-state index contributed by atoms with van der Waals surface area (Å²) < 4.78 is 4.72. The SMILES string of the molecule is COC(=O)[C@@H](CC(C)C)NC(=O)[C@H](N)Cc1ccccc1. The van der Waals surface area contributed by atoms with Crippen molar-refractivity contribution >= 4 is 11.9 Å². The van der Waals surface area contributed by atoms with Gasteiger partial charge in [-0.3, -0.25) is 4.79 Å². The molecule has 3 N–H and O–H groups in total. The molecule has 0 radical (unpaired) electrons. The highest BCUT2D eigenvalue weighted by atomic mass is 16.5. The van der Waals surface area contributed by atoms with Crippen molar-refractivity contribution in [3.63, 3.8) is 0 Å². The number of amides is 1. The van der Waals surface area contributed by atoms with Gasteiger partial charge in [-0.1, -0.05) is 44.2 Å². The smallest absolute Gasteiger partial charge is 0.328 e. The van der Waals surface area contributed by atoms with Crippen LogP contribution in [0.25, 0.3) is 0 Å². The highest BCUT2D eigenvalue weighted by Gasteiger charge is 2.25. The topological polar surface area (TPSA) is 81.4 Å². The van der Waals surface area contributed by atoms with Gasteiger partial charge in [-0.05, 0) is 24.3 Å². The quantitative estimate of drug-likeness (QED) is 0.741. The van der Waals surface area contributed by atoms with Crippen molar-refractivity contribution in [2.75, 3.05) is 7.11 Å². The van der Waals surface area contributed by atoms with Crippen molar-refractivity contribution < 1.29 is 14.3 Å². The zero-order valence-electron chi connectivity index (χ0n) is 12.8. The van der Waals surface area contributed by atoms with E-state index in [1.807, 2.05) is 44.2 Å². The summed E-state index contributed by atoms with van der Waals surface area (Å²) >= 11 is 0. The maximum Gasteiger partial charge on any atom is 0.328 e. The van der Waals surface area contributed by atoms with E-state index < -0.39 is 18.1 Å². The van der Waals surface area contributed by atoms with Crippen LogP contribution in [0.5, 0.6) is 0 Å². The monoisotopic (exact) mass is 292 g/mol. The molecule has 0 fully saturated rings. The largest absolute Gasteiger partial charge is 0.467 e. The first-order valence-electron chi connectivity index (χ1n) is 7.11. The summed E-state index contributed by atoms with van der Waals surface area (Å²) in [5.41, 5.74) is 6.89. The van der Waals surface area contributed by atoms with Crippen molar-refractivity contribution in [2.45, 2.75) is 38.8 Å². The van der Waals surface area contributed by atoms with Gasteiger partial charge in [0.1, 0.15) is 6.04 Å². The Labute approximate surface area is 125 Å². The van der Waals surface area contributed by atoms with Crippen LogP contribution in [-0.2, 0) is 20.7 Å². The van der Waals surface area contributed by atoms with Crippen LogP contribution in [0.3, 0.4) is 0 Å². The first-order chi connectivity index (χ1) is 9.93. The summed E-state index contributed by atoms with van der Waals surface area (Å²) in [7, 11) is 1.31. The number of rotatable bonds is 7. The van der Waals surface area contributed by atoms with Gasteiger partial charge in [0.15, 0.2) is 0 Å². The molecule has 0 saturated heterocycles. The number of methoxy groups -OCH3 is 1. The molecule has 0 aromatic heterocycles. The zero-order valence-corrected chi connectivity index (χ0v) is 12.8. The van der Waals surface area contributed by atoms with Crippen molar-refractivity contribution in [1.29, 1.82) is 0 Å². The highest BCUT2D eigenvalue weighted by Crippen LogP contribution is 2.07. The normalized spacial score (nSPS) is 13.6. The number of hydrogen-bond acceptors (Lipinski definition) is 4. The molecule has 5 heteroatoms. The molecule has 5 nitrogen and oxygen atoms in total. The molecule has 1 rings (SSSR count). The van der Waals surface area contributed by atoms with Gasteiger partial charge in [-0.2, -0.15) is 0 Å². The van der Waals surface area contributed by atoms with Crippen LogP contribution >= 0.6 is 0 Å². The van der Waals surface area contributed by atoms with Gasteiger partial charge >= 0.3 is 5.97 Å². The molecule has 0 spiro atoms. The average molecular weight is 292 g/mol. The molecular formula is C16H24N2O3. The lowest BCUT2D eigenvalue weighted by atomic mass is 10.0. The Kier molecular flexibility index (Phi) is 6.88. The van der Waals surface area contributed by atoms with E-state index in [-0.39, 0.29) is 11.8 Å². The number of ether oxygens (including phenoxy) is 1. The predicted molar refractivity (Wildman–Crippen MR) is 81.5 cm³/mol. The molecule has 21 heavy (non-hydrogen) atoms.